The Balaban J connectivity index is 1.26. The third-order valence-corrected chi connectivity index (χ3v) is 8.15. The van der Waals surface area contributed by atoms with Crippen molar-refractivity contribution in [1.82, 2.24) is 14.8 Å². The van der Waals surface area contributed by atoms with Crippen LogP contribution in [0.4, 0.5) is 0 Å². The van der Waals surface area contributed by atoms with Crippen molar-refractivity contribution < 1.29 is 9.59 Å². The molecule has 4 aromatic rings. The summed E-state index contributed by atoms with van der Waals surface area (Å²) >= 11 is 9.33. The molecule has 0 radical (unpaired) electrons. The second-order valence-corrected chi connectivity index (χ2v) is 10.7. The summed E-state index contributed by atoms with van der Waals surface area (Å²) in [7, 11) is 0. The van der Waals surface area contributed by atoms with Gasteiger partial charge in [0, 0.05) is 35.5 Å². The largest absolute Gasteiger partial charge is 0.351 e. The van der Waals surface area contributed by atoms with Gasteiger partial charge in [-0.25, -0.2) is 0 Å². The minimum Gasteiger partial charge on any atom is -0.351 e. The molecule has 8 heteroatoms. The molecule has 5 rings (SSSR count). The van der Waals surface area contributed by atoms with Crippen molar-refractivity contribution >= 4 is 56.3 Å². The van der Waals surface area contributed by atoms with Crippen molar-refractivity contribution in [2.75, 3.05) is 13.1 Å². The van der Waals surface area contributed by atoms with E-state index in [9.17, 15) is 9.59 Å². The number of hydrogen-bond acceptors (Lipinski definition) is 4. The summed E-state index contributed by atoms with van der Waals surface area (Å²) in [5, 5.41) is 7.81. The highest BCUT2D eigenvalue weighted by molar-refractivity contribution is 7.17. The number of aromatic nitrogens is 1. The molecule has 0 unspecified atom stereocenters. The van der Waals surface area contributed by atoms with E-state index in [1.807, 2.05) is 52.7 Å². The Labute approximate surface area is 205 Å². The zero-order valence-corrected chi connectivity index (χ0v) is 20.4. The molecule has 0 spiro atoms. The van der Waals surface area contributed by atoms with Gasteiger partial charge in [-0.1, -0.05) is 29.8 Å². The highest BCUT2D eigenvalue weighted by Crippen LogP contribution is 2.28. The second-order valence-electron chi connectivity index (χ2n) is 8.28. The van der Waals surface area contributed by atoms with Crippen LogP contribution < -0.4 is 5.32 Å². The first kappa shape index (κ1) is 22.2. The van der Waals surface area contributed by atoms with Crippen molar-refractivity contribution in [3.8, 4) is 0 Å². The lowest BCUT2D eigenvalue weighted by molar-refractivity contribution is -0.126. The number of halogens is 1. The number of hydrogen-bond donors (Lipinski definition) is 1. The number of likely N-dealkylation sites (tertiary alicyclic amines) is 1. The van der Waals surface area contributed by atoms with E-state index in [4.69, 9.17) is 11.6 Å². The number of fused-ring (bicyclic) bond motifs is 1. The molecule has 0 bridgehead atoms. The summed E-state index contributed by atoms with van der Waals surface area (Å²) in [4.78, 5) is 29.1. The van der Waals surface area contributed by atoms with Crippen molar-refractivity contribution in [3.63, 3.8) is 0 Å². The monoisotopic (exact) mass is 497 g/mol. The SMILES string of the molecule is O=C(NCc1cccs1)C1CCN(C(=O)c2cc3sccc3n2Cc2ccc(Cl)cc2)CC1. The summed E-state index contributed by atoms with van der Waals surface area (Å²) in [6.45, 7) is 2.37. The Morgan fingerprint density at radius 1 is 1.03 bits per heavy atom. The first-order valence-corrected chi connectivity index (χ1v) is 13.1. The normalized spacial score (nSPS) is 14.6. The topological polar surface area (TPSA) is 54.3 Å². The standard InChI is InChI=1S/C25H24ClN3O2S2/c26-19-5-3-17(4-6-19)16-29-21-9-13-33-23(21)14-22(29)25(31)28-10-7-18(8-11-28)24(30)27-15-20-2-1-12-32-20/h1-6,9,12-14,18H,7-8,10-11,15-16H2,(H,27,30). The van der Waals surface area contributed by atoms with Crippen molar-refractivity contribution in [1.29, 1.82) is 0 Å². The molecule has 4 heterocycles. The minimum absolute atomic E-state index is 0.0322. The first-order chi connectivity index (χ1) is 16.1. The van der Waals surface area contributed by atoms with Crippen LogP contribution in [-0.4, -0.2) is 34.4 Å². The molecule has 33 heavy (non-hydrogen) atoms. The number of thiophene rings is 2. The number of amides is 2. The second kappa shape index (κ2) is 9.71. The van der Waals surface area contributed by atoms with Crippen LogP contribution in [0.25, 0.3) is 10.2 Å². The van der Waals surface area contributed by atoms with E-state index in [0.29, 0.717) is 49.7 Å². The van der Waals surface area contributed by atoms with E-state index in [0.717, 1.165) is 20.7 Å². The van der Waals surface area contributed by atoms with E-state index < -0.39 is 0 Å². The zero-order chi connectivity index (χ0) is 22.8. The highest BCUT2D eigenvalue weighted by atomic mass is 35.5. The first-order valence-electron chi connectivity index (χ1n) is 11.0. The number of nitrogens with one attached hydrogen (secondary N) is 1. The third-order valence-electron chi connectivity index (χ3n) is 6.17. The van der Waals surface area contributed by atoms with Crippen molar-refractivity contribution in [3.05, 3.63) is 80.4 Å². The fourth-order valence-corrected chi connectivity index (χ4v) is 5.93. The molecule has 1 N–H and O–H groups in total. The fourth-order valence-electron chi connectivity index (χ4n) is 4.34. The van der Waals surface area contributed by atoms with Crippen LogP contribution in [-0.2, 0) is 17.9 Å². The lowest BCUT2D eigenvalue weighted by Gasteiger charge is -2.31. The van der Waals surface area contributed by atoms with E-state index >= 15 is 0 Å². The van der Waals surface area contributed by atoms with Gasteiger partial charge in [-0.3, -0.25) is 9.59 Å². The lowest BCUT2D eigenvalue weighted by atomic mass is 9.95. The van der Waals surface area contributed by atoms with Crippen LogP contribution >= 0.6 is 34.3 Å². The molecule has 1 fully saturated rings. The molecule has 1 saturated heterocycles. The molecule has 1 aliphatic rings. The summed E-state index contributed by atoms with van der Waals surface area (Å²) < 4.78 is 3.20. The molecule has 3 aromatic heterocycles. The third kappa shape index (κ3) is 4.86. The number of rotatable bonds is 6. The highest BCUT2D eigenvalue weighted by Gasteiger charge is 2.29. The van der Waals surface area contributed by atoms with Crippen LogP contribution in [0.5, 0.6) is 0 Å². The van der Waals surface area contributed by atoms with Gasteiger partial charge in [-0.15, -0.1) is 22.7 Å². The Kier molecular flexibility index (Phi) is 6.53. The average molecular weight is 498 g/mol. The molecular formula is C25H24ClN3O2S2. The number of piperidine rings is 1. The molecule has 2 amide bonds. The van der Waals surface area contributed by atoms with E-state index in [-0.39, 0.29) is 17.7 Å². The van der Waals surface area contributed by atoms with Crippen LogP contribution in [0.2, 0.25) is 5.02 Å². The van der Waals surface area contributed by atoms with Crippen LogP contribution in [0.15, 0.2) is 59.3 Å². The van der Waals surface area contributed by atoms with E-state index in [1.54, 1.807) is 22.7 Å². The maximum Gasteiger partial charge on any atom is 0.270 e. The molecule has 170 valence electrons. The van der Waals surface area contributed by atoms with E-state index in [2.05, 4.69) is 21.3 Å². The summed E-state index contributed by atoms with van der Waals surface area (Å²) in [6.07, 6.45) is 1.38. The predicted octanol–water partition coefficient (Wildman–Crippen LogP) is 5.63. The van der Waals surface area contributed by atoms with Crippen molar-refractivity contribution in [2.24, 2.45) is 5.92 Å². The van der Waals surface area contributed by atoms with Crippen LogP contribution in [0.1, 0.15) is 33.8 Å². The fraction of sp³-hybridized carbons (Fsp3) is 0.280. The van der Waals surface area contributed by atoms with E-state index in [1.165, 1.54) is 0 Å². The summed E-state index contributed by atoms with van der Waals surface area (Å²) in [5.41, 5.74) is 2.87. The smallest absolute Gasteiger partial charge is 0.270 e. The van der Waals surface area contributed by atoms with Crippen molar-refractivity contribution in [2.45, 2.75) is 25.9 Å². The van der Waals surface area contributed by atoms with Gasteiger partial charge in [0.15, 0.2) is 0 Å². The van der Waals surface area contributed by atoms with Gasteiger partial charge in [0.05, 0.1) is 16.8 Å². The molecule has 1 aromatic carbocycles. The van der Waals surface area contributed by atoms with Gasteiger partial charge in [-0.05, 0) is 59.5 Å². The van der Waals surface area contributed by atoms with Crippen LogP contribution in [0.3, 0.4) is 0 Å². The molecule has 0 saturated carbocycles. The molecule has 0 atom stereocenters. The number of carbonyl (C=O) groups excluding carboxylic acids is 2. The van der Waals surface area contributed by atoms with Gasteiger partial charge in [-0.2, -0.15) is 0 Å². The Hall–Kier alpha value is -2.61. The average Bonchev–Trinajstić information content (AvgIpc) is 3.58. The quantitative estimate of drug-likeness (QED) is 0.375. The number of benzene rings is 1. The summed E-state index contributed by atoms with van der Waals surface area (Å²) in [5.74, 6) is 0.0743. The number of nitrogens with zero attached hydrogens (tertiary/aromatic N) is 2. The molecular weight excluding hydrogens is 474 g/mol. The molecule has 5 nitrogen and oxygen atoms in total. The van der Waals surface area contributed by atoms with Crippen LogP contribution in [0, 0.1) is 5.92 Å². The maximum absolute atomic E-state index is 13.5. The maximum atomic E-state index is 13.5. The van der Waals surface area contributed by atoms with Gasteiger partial charge < -0.3 is 14.8 Å². The predicted molar refractivity (Wildman–Crippen MR) is 135 cm³/mol. The Bertz CT molecular complexity index is 1250. The van der Waals surface area contributed by atoms with Gasteiger partial charge in [0.25, 0.3) is 5.91 Å². The van der Waals surface area contributed by atoms with Gasteiger partial charge >= 0.3 is 0 Å². The Morgan fingerprint density at radius 2 is 1.82 bits per heavy atom. The van der Waals surface area contributed by atoms with Gasteiger partial charge in [0.1, 0.15) is 5.69 Å². The zero-order valence-electron chi connectivity index (χ0n) is 18.0. The molecule has 0 aliphatic carbocycles. The Morgan fingerprint density at radius 3 is 2.55 bits per heavy atom. The minimum atomic E-state index is -0.0432. The lowest BCUT2D eigenvalue weighted by Crippen LogP contribution is -2.43. The van der Waals surface area contributed by atoms with Gasteiger partial charge in [0.2, 0.25) is 5.91 Å². The summed E-state index contributed by atoms with van der Waals surface area (Å²) in [6, 6.07) is 15.8. The molecule has 1 aliphatic heterocycles. The number of carbonyl (C=O) groups is 2.